The van der Waals surface area contributed by atoms with E-state index >= 15 is 0 Å². The fourth-order valence-electron chi connectivity index (χ4n) is 1.15. The van der Waals surface area contributed by atoms with Crippen LogP contribution in [-0.2, 0) is 19.1 Å². The van der Waals surface area contributed by atoms with Crippen LogP contribution in [-0.4, -0.2) is 72.7 Å². The molecule has 0 aromatic carbocycles. The molecular weight excluding hydrogens is 741 g/mol. The second kappa shape index (κ2) is 30.1. The largest absolute Gasteiger partial charge is 0.453 e. The summed E-state index contributed by atoms with van der Waals surface area (Å²) in [5.41, 5.74) is -0.169. The van der Waals surface area contributed by atoms with E-state index in [0.717, 1.165) is 14.1 Å². The molecule has 0 amide bonds. The summed E-state index contributed by atoms with van der Waals surface area (Å²) in [5.74, 6) is 0. The minimum atomic E-state index is -0.540. The van der Waals surface area contributed by atoms with Crippen LogP contribution in [0.5, 0.6) is 0 Å². The smallest absolute Gasteiger partial charge is 0.294 e. The number of ether oxygens (including phenoxy) is 2. The highest BCUT2D eigenvalue weighted by atomic mass is 32.2. The quantitative estimate of drug-likeness (QED) is 0.102. The number of carbonyl (C=O) groups is 2. The zero-order chi connectivity index (χ0) is 32.4. The average molecular weight is 775 g/mol. The number of thioether (sulfide) groups is 8. The molecule has 6 nitrogen and oxygen atoms in total. The van der Waals surface area contributed by atoms with Crippen molar-refractivity contribution in [3.05, 3.63) is 22.8 Å². The van der Waals surface area contributed by atoms with Crippen LogP contribution >= 0.6 is 143 Å². The third-order valence-corrected chi connectivity index (χ3v) is 13.2. The second-order valence-corrected chi connectivity index (χ2v) is 20.8. The lowest BCUT2D eigenvalue weighted by atomic mass is 10.4. The number of thiocarbonyl (C=S) groups is 4. The first-order chi connectivity index (χ1) is 18.4. The zero-order valence-electron chi connectivity index (χ0n) is 23.7. The molecule has 0 N–H and O–H groups in total. The molecule has 2 atom stereocenters. The van der Waals surface area contributed by atoms with Crippen molar-refractivity contribution in [3.63, 3.8) is 0 Å². The molecule has 0 aliphatic heterocycles. The van der Waals surface area contributed by atoms with E-state index < -0.39 is 4.93 Å². The molecule has 0 aromatic heterocycles. The van der Waals surface area contributed by atoms with E-state index in [1.807, 2.05) is 45.8 Å². The molecule has 228 valence electrons. The summed E-state index contributed by atoms with van der Waals surface area (Å²) in [6.07, 6.45) is 7.64. The maximum atomic E-state index is 10.0. The third kappa shape index (κ3) is 37.1. The molecule has 0 radical (unpaired) electrons. The van der Waals surface area contributed by atoms with Gasteiger partial charge >= 0.3 is 0 Å². The standard InChI is InChI=1S/C6H9NS3.C6H10O2S3.C5H7NS3.C5H8O2S3/c1-6(2,7-3)10-5(8)9-4;1-6(2,8-4-7)11-5(9)10-3;1-4(6-2)9-5(7)8-3;1-4(7-3-6)10-5(8)9-2/h1-2,4H3;4H,1-3H3;4H,1,3H3;3-4H,1-2H3. The number of hydrogen-bond acceptors (Lipinski definition) is 16. The summed E-state index contributed by atoms with van der Waals surface area (Å²) in [7, 11) is 0. The molecule has 0 aliphatic carbocycles. The van der Waals surface area contributed by atoms with Crippen molar-refractivity contribution in [2.24, 2.45) is 0 Å². The van der Waals surface area contributed by atoms with Crippen molar-refractivity contribution >= 4 is 170 Å². The summed E-state index contributed by atoms with van der Waals surface area (Å²) in [6.45, 7) is 25.3. The lowest BCUT2D eigenvalue weighted by Crippen LogP contribution is -2.19. The van der Waals surface area contributed by atoms with Gasteiger partial charge in [0.1, 0.15) is 19.6 Å². The Kier molecular flexibility index (Phi) is 36.1. The molecule has 0 heterocycles. The molecule has 0 spiro atoms. The van der Waals surface area contributed by atoms with E-state index in [4.69, 9.17) is 66.8 Å². The Morgan fingerprint density at radius 2 is 1.18 bits per heavy atom. The Bertz CT molecular complexity index is 873. The lowest BCUT2D eigenvalue weighted by molar-refractivity contribution is -0.134. The third-order valence-electron chi connectivity index (χ3n) is 2.89. The van der Waals surface area contributed by atoms with Crippen LogP contribution in [0.15, 0.2) is 0 Å². The number of nitrogens with zero attached hydrogens (tertiary/aromatic N) is 2. The van der Waals surface area contributed by atoms with E-state index in [2.05, 4.69) is 14.4 Å². The molecule has 0 saturated carbocycles. The average Bonchev–Trinajstić information content (AvgIpc) is 2.88. The van der Waals surface area contributed by atoms with Gasteiger partial charge in [0.2, 0.25) is 0 Å². The van der Waals surface area contributed by atoms with E-state index in [-0.39, 0.29) is 15.7 Å². The van der Waals surface area contributed by atoms with Gasteiger partial charge in [-0.25, -0.2) is 13.1 Å². The maximum Gasteiger partial charge on any atom is 0.294 e. The van der Waals surface area contributed by atoms with E-state index in [1.54, 1.807) is 20.8 Å². The molecular formula is C22H34N2O4S12. The van der Waals surface area contributed by atoms with Gasteiger partial charge in [-0.15, -0.1) is 47.0 Å². The highest BCUT2D eigenvalue weighted by molar-refractivity contribution is 8.48. The van der Waals surface area contributed by atoms with Gasteiger partial charge in [-0.3, -0.25) is 14.4 Å². The molecule has 0 rings (SSSR count). The summed E-state index contributed by atoms with van der Waals surface area (Å²) in [5, 5.41) is -0.0232. The van der Waals surface area contributed by atoms with Crippen LogP contribution in [0.4, 0.5) is 0 Å². The zero-order valence-corrected chi connectivity index (χ0v) is 33.5. The first kappa shape index (κ1) is 48.0. The van der Waals surface area contributed by atoms with Gasteiger partial charge in [-0.2, -0.15) is 0 Å². The summed E-state index contributed by atoms with van der Waals surface area (Å²) in [6, 6.07) is 0. The van der Waals surface area contributed by atoms with Gasteiger partial charge in [-0.1, -0.05) is 72.4 Å². The predicted octanol–water partition coefficient (Wildman–Crippen LogP) is 9.82. The van der Waals surface area contributed by atoms with Crippen LogP contribution in [0.2, 0.25) is 0 Å². The van der Waals surface area contributed by atoms with Crippen LogP contribution in [0, 0.1) is 13.1 Å². The predicted molar refractivity (Wildman–Crippen MR) is 209 cm³/mol. The molecule has 18 heteroatoms. The minimum absolute atomic E-state index is 0.0232. The Hall–Kier alpha value is 1.08. The van der Waals surface area contributed by atoms with Gasteiger partial charge in [-0.05, 0) is 69.3 Å². The Morgan fingerprint density at radius 1 is 0.750 bits per heavy atom. The van der Waals surface area contributed by atoms with E-state index in [9.17, 15) is 9.59 Å². The molecule has 40 heavy (non-hydrogen) atoms. The molecule has 0 aliphatic rings. The molecule has 0 bridgehead atoms. The highest BCUT2D eigenvalue weighted by Crippen LogP contribution is 2.31. The fourth-order valence-corrected chi connectivity index (χ4v) is 8.31. The fraction of sp³-hybridized carbons (Fsp3) is 0.636. The Labute approximate surface area is 296 Å². The monoisotopic (exact) mass is 774 g/mol. The molecule has 2 unspecified atom stereocenters. The second-order valence-electron chi connectivity index (χ2n) is 6.96. The first-order valence-corrected chi connectivity index (χ1v) is 20.4. The number of carbonyl (C=O) groups excluding carboxylic acids is 2. The van der Waals surface area contributed by atoms with Crippen molar-refractivity contribution in [1.82, 2.24) is 0 Å². The van der Waals surface area contributed by atoms with Crippen molar-refractivity contribution in [2.45, 2.75) is 62.2 Å². The van der Waals surface area contributed by atoms with Crippen molar-refractivity contribution in [3.8, 4) is 0 Å². The first-order valence-electron chi connectivity index (χ1n) is 10.4. The summed E-state index contributed by atoms with van der Waals surface area (Å²) >= 11 is 31.3. The van der Waals surface area contributed by atoms with Gasteiger partial charge in [0.15, 0.2) is 4.93 Å². The topological polar surface area (TPSA) is 61.3 Å². The normalized spacial score (nSPS) is 11.4. The SMILES string of the molecule is CSC(=S)SC(C)(C)OC=O.CSC(=S)SC(C)OC=O.[C-]#[N+]C(C)(C)SC(=S)SC.[C-]#[N+]C(C)SC(=S)SC. The Morgan fingerprint density at radius 3 is 1.52 bits per heavy atom. The van der Waals surface area contributed by atoms with Gasteiger partial charge < -0.3 is 14.3 Å². The van der Waals surface area contributed by atoms with Crippen LogP contribution in [0.3, 0.4) is 0 Å². The van der Waals surface area contributed by atoms with Crippen molar-refractivity contribution in [1.29, 1.82) is 0 Å². The highest BCUT2D eigenvalue weighted by Gasteiger charge is 2.25. The van der Waals surface area contributed by atoms with E-state index in [1.165, 1.54) is 94.1 Å². The maximum absolute atomic E-state index is 10.0. The lowest BCUT2D eigenvalue weighted by Gasteiger charge is -2.20. The van der Waals surface area contributed by atoms with Crippen LogP contribution < -0.4 is 0 Å². The molecule has 0 saturated heterocycles. The summed E-state index contributed by atoms with van der Waals surface area (Å²) < 4.78 is 12.6. The Balaban J connectivity index is -0.000000217. The van der Waals surface area contributed by atoms with Crippen LogP contribution in [0.1, 0.15) is 41.5 Å². The summed E-state index contributed by atoms with van der Waals surface area (Å²) in [4.78, 5) is 25.6. The number of rotatable bonds is 8. The van der Waals surface area contributed by atoms with Crippen LogP contribution in [0.25, 0.3) is 9.69 Å². The van der Waals surface area contributed by atoms with Gasteiger partial charge in [0.25, 0.3) is 23.2 Å². The van der Waals surface area contributed by atoms with Crippen molar-refractivity contribution in [2.75, 3.05) is 25.0 Å². The minimum Gasteiger partial charge on any atom is -0.453 e. The van der Waals surface area contributed by atoms with Gasteiger partial charge in [0, 0.05) is 20.8 Å². The molecule has 0 aromatic rings. The van der Waals surface area contributed by atoms with Crippen molar-refractivity contribution < 1.29 is 19.1 Å². The van der Waals surface area contributed by atoms with E-state index in [0.29, 0.717) is 12.9 Å². The van der Waals surface area contributed by atoms with Gasteiger partial charge in [0.05, 0.1) is 0 Å². The molecule has 0 fully saturated rings. The number of hydrogen-bond donors (Lipinski definition) is 0.